The highest BCUT2D eigenvalue weighted by molar-refractivity contribution is 7.90. The highest BCUT2D eigenvalue weighted by Gasteiger charge is 2.43. The third kappa shape index (κ3) is 4.21. The van der Waals surface area contributed by atoms with Gasteiger partial charge in [-0.3, -0.25) is 4.79 Å². The third-order valence-corrected chi connectivity index (χ3v) is 5.33. The Morgan fingerprint density at radius 1 is 1.25 bits per heavy atom. The molecule has 1 fully saturated rings. The van der Waals surface area contributed by atoms with E-state index >= 15 is 0 Å². The number of sulfone groups is 1. The Hall–Kier alpha value is -1.73. The van der Waals surface area contributed by atoms with Gasteiger partial charge in [-0.1, -0.05) is 12.1 Å². The van der Waals surface area contributed by atoms with Crippen molar-refractivity contribution >= 4 is 21.6 Å². The summed E-state index contributed by atoms with van der Waals surface area (Å²) in [5, 5.41) is 9.43. The van der Waals surface area contributed by atoms with Gasteiger partial charge in [-0.2, -0.15) is 0 Å². The number of Topliss-reactive ketones (excluding diaryl/α,β-unsaturated/α-hetero) is 1. The first-order chi connectivity index (χ1) is 11.0. The fourth-order valence-corrected chi connectivity index (χ4v) is 3.08. The lowest BCUT2D eigenvalue weighted by Gasteiger charge is -2.30. The molecule has 1 atom stereocenters. The molecule has 2 rings (SSSR count). The average molecular weight is 354 g/mol. The molecule has 0 bridgehead atoms. The van der Waals surface area contributed by atoms with E-state index in [0.29, 0.717) is 12.5 Å². The second-order valence-corrected chi connectivity index (χ2v) is 8.86. The van der Waals surface area contributed by atoms with Gasteiger partial charge in [0, 0.05) is 11.8 Å². The molecule has 0 spiro atoms. The van der Waals surface area contributed by atoms with E-state index in [4.69, 9.17) is 4.74 Å². The van der Waals surface area contributed by atoms with E-state index in [9.17, 15) is 23.1 Å². The number of aliphatic carboxylic acids is 1. The van der Waals surface area contributed by atoms with Gasteiger partial charge in [-0.15, -0.1) is 0 Å². The molecule has 1 aliphatic rings. The smallest absolute Gasteiger partial charge is 0.333 e. The number of carbonyl (C=O) groups excluding carboxylic acids is 1. The number of carboxylic acids is 1. The van der Waals surface area contributed by atoms with Crippen molar-refractivity contribution in [1.82, 2.24) is 0 Å². The van der Waals surface area contributed by atoms with Crippen LogP contribution in [0.5, 0.6) is 0 Å². The number of carboxylic acid groups (broad SMARTS) is 1. The number of ether oxygens (including phenoxy) is 1. The van der Waals surface area contributed by atoms with Crippen LogP contribution in [0, 0.1) is 11.3 Å². The summed E-state index contributed by atoms with van der Waals surface area (Å²) < 4.78 is 28.5. The molecule has 1 N–H and O–H groups in total. The molecule has 1 aromatic carbocycles. The van der Waals surface area contributed by atoms with Crippen LogP contribution < -0.4 is 0 Å². The van der Waals surface area contributed by atoms with Crippen LogP contribution >= 0.6 is 0 Å². The fraction of sp³-hybridized carbons (Fsp3) is 0.529. The molecule has 7 heteroatoms. The molecule has 132 valence electrons. The predicted octanol–water partition coefficient (Wildman–Crippen LogP) is 2.18. The zero-order chi connectivity index (χ0) is 18.1. The van der Waals surface area contributed by atoms with E-state index in [-0.39, 0.29) is 10.5 Å². The summed E-state index contributed by atoms with van der Waals surface area (Å²) in [7, 11) is -3.35. The molecule has 0 heterocycles. The number of hydrogen-bond acceptors (Lipinski definition) is 5. The Morgan fingerprint density at radius 2 is 1.79 bits per heavy atom. The van der Waals surface area contributed by atoms with Gasteiger partial charge in [-0.25, -0.2) is 13.2 Å². The van der Waals surface area contributed by atoms with Crippen LogP contribution in [-0.4, -0.2) is 44.2 Å². The minimum atomic E-state index is -3.35. The van der Waals surface area contributed by atoms with Crippen LogP contribution in [-0.2, 0) is 19.4 Å². The quantitative estimate of drug-likeness (QED) is 0.719. The molecule has 0 radical (unpaired) electrons. The normalized spacial score (nSPS) is 16.6. The van der Waals surface area contributed by atoms with Crippen molar-refractivity contribution in [2.24, 2.45) is 11.3 Å². The van der Waals surface area contributed by atoms with E-state index < -0.39 is 33.1 Å². The predicted molar refractivity (Wildman–Crippen MR) is 87.8 cm³/mol. The third-order valence-electron chi connectivity index (χ3n) is 4.21. The van der Waals surface area contributed by atoms with Crippen LogP contribution in [0.4, 0.5) is 0 Å². The molecule has 0 amide bonds. The highest BCUT2D eigenvalue weighted by atomic mass is 32.2. The highest BCUT2D eigenvalue weighted by Crippen LogP contribution is 2.33. The minimum Gasteiger partial charge on any atom is -0.479 e. The summed E-state index contributed by atoms with van der Waals surface area (Å²) in [5.41, 5.74) is -1.01. The Kier molecular flexibility index (Phi) is 5.15. The van der Waals surface area contributed by atoms with Crippen molar-refractivity contribution in [3.63, 3.8) is 0 Å². The van der Waals surface area contributed by atoms with Crippen LogP contribution in [0.25, 0.3) is 0 Å². The maximum atomic E-state index is 12.7. The van der Waals surface area contributed by atoms with Gasteiger partial charge in [-0.05, 0) is 44.7 Å². The SMILES string of the molecule is CC(C)(C(=O)c1ccc(S(C)(=O)=O)cc1)C(OCC1CC1)C(=O)O. The molecule has 1 unspecified atom stereocenters. The lowest BCUT2D eigenvalue weighted by molar-refractivity contribution is -0.157. The van der Waals surface area contributed by atoms with Crippen molar-refractivity contribution in [3.8, 4) is 0 Å². The summed E-state index contributed by atoms with van der Waals surface area (Å²) in [6, 6.07) is 5.50. The number of benzene rings is 1. The lowest BCUT2D eigenvalue weighted by atomic mass is 9.79. The molecule has 0 aromatic heterocycles. The van der Waals surface area contributed by atoms with E-state index in [0.717, 1.165) is 19.1 Å². The average Bonchev–Trinajstić information content (AvgIpc) is 3.29. The maximum absolute atomic E-state index is 12.7. The minimum absolute atomic E-state index is 0.108. The van der Waals surface area contributed by atoms with E-state index in [2.05, 4.69) is 0 Å². The van der Waals surface area contributed by atoms with Crippen molar-refractivity contribution in [2.45, 2.75) is 37.7 Å². The second-order valence-electron chi connectivity index (χ2n) is 6.84. The van der Waals surface area contributed by atoms with E-state index in [1.165, 1.54) is 38.1 Å². The number of hydrogen-bond donors (Lipinski definition) is 1. The zero-order valence-corrected chi connectivity index (χ0v) is 14.8. The van der Waals surface area contributed by atoms with Gasteiger partial charge in [0.1, 0.15) is 0 Å². The van der Waals surface area contributed by atoms with Gasteiger partial charge < -0.3 is 9.84 Å². The second kappa shape index (κ2) is 6.64. The van der Waals surface area contributed by atoms with E-state index in [1.807, 2.05) is 0 Å². The standard InChI is InChI=1S/C17H22O6S/c1-17(2,15(16(19)20)23-10-11-4-5-11)14(18)12-6-8-13(9-7-12)24(3,21)22/h6-9,11,15H,4-5,10H2,1-3H3,(H,19,20). The van der Waals surface area contributed by atoms with Crippen molar-refractivity contribution in [2.75, 3.05) is 12.9 Å². The summed E-state index contributed by atoms with van der Waals surface area (Å²) in [4.78, 5) is 24.4. The van der Waals surface area contributed by atoms with Crippen molar-refractivity contribution in [1.29, 1.82) is 0 Å². The summed E-state index contributed by atoms with van der Waals surface area (Å²) in [6.45, 7) is 3.40. The van der Waals surface area contributed by atoms with Gasteiger partial charge in [0.15, 0.2) is 21.7 Å². The zero-order valence-electron chi connectivity index (χ0n) is 14.0. The first kappa shape index (κ1) is 18.6. The van der Waals surface area contributed by atoms with Gasteiger partial charge in [0.05, 0.1) is 16.9 Å². The number of ketones is 1. The van der Waals surface area contributed by atoms with Gasteiger partial charge in [0.2, 0.25) is 0 Å². The van der Waals surface area contributed by atoms with Crippen LogP contribution in [0.15, 0.2) is 29.2 Å². The molecule has 1 aliphatic carbocycles. The summed E-state index contributed by atoms with van der Waals surface area (Å²) >= 11 is 0. The topological polar surface area (TPSA) is 97.7 Å². The Labute approximate surface area is 141 Å². The Morgan fingerprint density at radius 3 is 2.21 bits per heavy atom. The molecule has 24 heavy (non-hydrogen) atoms. The summed E-state index contributed by atoms with van der Waals surface area (Å²) in [5.74, 6) is -1.20. The first-order valence-electron chi connectivity index (χ1n) is 7.73. The van der Waals surface area contributed by atoms with Crippen LogP contribution in [0.1, 0.15) is 37.0 Å². The Balaban J connectivity index is 2.21. The van der Waals surface area contributed by atoms with E-state index in [1.54, 1.807) is 0 Å². The molecular weight excluding hydrogens is 332 g/mol. The number of carbonyl (C=O) groups is 2. The molecule has 1 aromatic rings. The monoisotopic (exact) mass is 354 g/mol. The summed E-state index contributed by atoms with van der Waals surface area (Å²) in [6.07, 6.45) is 1.88. The van der Waals surface area contributed by atoms with Crippen LogP contribution in [0.3, 0.4) is 0 Å². The molecule has 0 saturated heterocycles. The maximum Gasteiger partial charge on any atom is 0.333 e. The molecule has 1 saturated carbocycles. The first-order valence-corrected chi connectivity index (χ1v) is 9.62. The van der Waals surface area contributed by atoms with Crippen LogP contribution in [0.2, 0.25) is 0 Å². The van der Waals surface area contributed by atoms with Crippen molar-refractivity contribution in [3.05, 3.63) is 29.8 Å². The largest absolute Gasteiger partial charge is 0.479 e. The molecule has 0 aliphatic heterocycles. The van der Waals surface area contributed by atoms with Gasteiger partial charge >= 0.3 is 5.97 Å². The molecular formula is C17H22O6S. The lowest BCUT2D eigenvalue weighted by Crippen LogP contribution is -2.44. The fourth-order valence-electron chi connectivity index (χ4n) is 2.45. The molecule has 6 nitrogen and oxygen atoms in total. The van der Waals surface area contributed by atoms with Gasteiger partial charge in [0.25, 0.3) is 0 Å². The van der Waals surface area contributed by atoms with Crippen molar-refractivity contribution < 1.29 is 27.9 Å². The Bertz CT molecular complexity index is 729. The number of rotatable bonds is 8.